The third-order valence-electron chi connectivity index (χ3n) is 5.05. The van der Waals surface area contributed by atoms with E-state index in [4.69, 9.17) is 0 Å². The standard InChI is InChI=1S/C19H24N6/c1-2-25-18(21-14-23-25)12-24-11-10-16-19(22-13-20-16)17(24)9-8-15-6-4-3-5-7-15/h3-7,13-14,17H,2,8-12H2,1H3,(H,20,22)/t17-/m0/s1. The van der Waals surface area contributed by atoms with Crippen molar-refractivity contribution in [3.05, 3.63) is 65.8 Å². The summed E-state index contributed by atoms with van der Waals surface area (Å²) in [5.74, 6) is 1.03. The van der Waals surface area contributed by atoms with Gasteiger partial charge in [-0.05, 0) is 25.3 Å². The van der Waals surface area contributed by atoms with Crippen molar-refractivity contribution in [2.75, 3.05) is 6.54 Å². The number of imidazole rings is 1. The molecule has 3 aromatic rings. The van der Waals surface area contributed by atoms with Gasteiger partial charge in [0.1, 0.15) is 12.2 Å². The summed E-state index contributed by atoms with van der Waals surface area (Å²) in [4.78, 5) is 14.9. The lowest BCUT2D eigenvalue weighted by molar-refractivity contribution is 0.156. The Balaban J connectivity index is 1.54. The SMILES string of the molecule is CCn1ncnc1CN1CCc2[nH]cnc2[C@@H]1CCc1ccccc1. The number of rotatable bonds is 6. The third-order valence-corrected chi connectivity index (χ3v) is 5.05. The molecule has 0 amide bonds. The van der Waals surface area contributed by atoms with Crippen LogP contribution in [0.4, 0.5) is 0 Å². The monoisotopic (exact) mass is 336 g/mol. The molecule has 0 spiro atoms. The number of aryl methyl sites for hydroxylation is 2. The highest BCUT2D eigenvalue weighted by molar-refractivity contribution is 5.21. The van der Waals surface area contributed by atoms with Crippen molar-refractivity contribution in [1.82, 2.24) is 29.6 Å². The van der Waals surface area contributed by atoms with Crippen molar-refractivity contribution in [1.29, 1.82) is 0 Å². The first-order chi connectivity index (χ1) is 12.3. The van der Waals surface area contributed by atoms with Crippen molar-refractivity contribution in [3.8, 4) is 0 Å². The summed E-state index contributed by atoms with van der Waals surface area (Å²) in [5, 5.41) is 4.31. The predicted molar refractivity (Wildman–Crippen MR) is 95.9 cm³/mol. The molecule has 0 bridgehead atoms. The van der Waals surface area contributed by atoms with Gasteiger partial charge in [-0.25, -0.2) is 14.6 Å². The molecule has 1 aliphatic heterocycles. The van der Waals surface area contributed by atoms with E-state index in [0.29, 0.717) is 6.04 Å². The van der Waals surface area contributed by atoms with E-state index in [9.17, 15) is 0 Å². The largest absolute Gasteiger partial charge is 0.348 e. The van der Waals surface area contributed by atoms with Gasteiger partial charge in [0, 0.05) is 25.2 Å². The molecule has 6 nitrogen and oxygen atoms in total. The number of fused-ring (bicyclic) bond motifs is 1. The summed E-state index contributed by atoms with van der Waals surface area (Å²) in [6.07, 6.45) is 6.61. The minimum Gasteiger partial charge on any atom is -0.348 e. The Morgan fingerprint density at radius 1 is 1.20 bits per heavy atom. The highest BCUT2D eigenvalue weighted by atomic mass is 15.3. The molecule has 1 atom stereocenters. The van der Waals surface area contributed by atoms with Crippen LogP contribution in [0.25, 0.3) is 0 Å². The van der Waals surface area contributed by atoms with Gasteiger partial charge < -0.3 is 4.98 Å². The summed E-state index contributed by atoms with van der Waals surface area (Å²) in [5.41, 5.74) is 3.86. The molecule has 1 N–H and O–H groups in total. The molecule has 130 valence electrons. The maximum Gasteiger partial charge on any atom is 0.141 e. The Kier molecular flexibility index (Phi) is 4.61. The number of aromatic nitrogens is 5. The molecule has 0 unspecified atom stereocenters. The topological polar surface area (TPSA) is 62.6 Å². The number of H-pyrrole nitrogens is 1. The van der Waals surface area contributed by atoms with E-state index >= 15 is 0 Å². The summed E-state index contributed by atoms with van der Waals surface area (Å²) >= 11 is 0. The lowest BCUT2D eigenvalue weighted by Gasteiger charge is -2.34. The van der Waals surface area contributed by atoms with E-state index in [2.05, 4.69) is 62.2 Å². The Morgan fingerprint density at radius 3 is 2.92 bits per heavy atom. The molecule has 4 rings (SSSR count). The van der Waals surface area contributed by atoms with E-state index in [1.165, 1.54) is 17.0 Å². The Labute approximate surface area is 147 Å². The van der Waals surface area contributed by atoms with Gasteiger partial charge >= 0.3 is 0 Å². The zero-order valence-corrected chi connectivity index (χ0v) is 14.6. The van der Waals surface area contributed by atoms with Crippen LogP contribution in [0.3, 0.4) is 0 Å². The van der Waals surface area contributed by atoms with Crippen LogP contribution in [0.15, 0.2) is 43.0 Å². The quantitative estimate of drug-likeness (QED) is 0.752. The highest BCUT2D eigenvalue weighted by Crippen LogP contribution is 2.32. The van der Waals surface area contributed by atoms with Crippen LogP contribution in [-0.2, 0) is 25.9 Å². The van der Waals surface area contributed by atoms with Crippen LogP contribution in [0.5, 0.6) is 0 Å². The first-order valence-electron chi connectivity index (χ1n) is 9.02. The van der Waals surface area contributed by atoms with E-state index in [0.717, 1.165) is 44.7 Å². The van der Waals surface area contributed by atoms with Crippen molar-refractivity contribution in [2.24, 2.45) is 0 Å². The van der Waals surface area contributed by atoms with Crippen LogP contribution >= 0.6 is 0 Å². The van der Waals surface area contributed by atoms with Crippen LogP contribution < -0.4 is 0 Å². The molecule has 25 heavy (non-hydrogen) atoms. The molecule has 6 heteroatoms. The van der Waals surface area contributed by atoms with Gasteiger partial charge in [0.15, 0.2) is 0 Å². The van der Waals surface area contributed by atoms with Crippen LogP contribution in [0.1, 0.15) is 42.2 Å². The molecule has 1 aliphatic rings. The second-order valence-corrected chi connectivity index (χ2v) is 6.52. The fraction of sp³-hybridized carbons (Fsp3) is 0.421. The van der Waals surface area contributed by atoms with Crippen molar-refractivity contribution in [2.45, 2.75) is 45.3 Å². The number of nitrogens with zero attached hydrogens (tertiary/aromatic N) is 5. The number of hydrogen-bond donors (Lipinski definition) is 1. The molecular weight excluding hydrogens is 312 g/mol. The van der Waals surface area contributed by atoms with Gasteiger partial charge in [-0.3, -0.25) is 4.90 Å². The average Bonchev–Trinajstić information content (AvgIpc) is 3.30. The second kappa shape index (κ2) is 7.19. The number of nitrogens with one attached hydrogen (secondary N) is 1. The fourth-order valence-electron chi connectivity index (χ4n) is 3.72. The summed E-state index contributed by atoms with van der Waals surface area (Å²) in [6, 6.07) is 11.0. The molecule has 2 aromatic heterocycles. The van der Waals surface area contributed by atoms with Gasteiger partial charge in [0.05, 0.1) is 24.6 Å². The minimum atomic E-state index is 0.317. The molecule has 0 saturated heterocycles. The lowest BCUT2D eigenvalue weighted by Crippen LogP contribution is -2.36. The molecule has 0 fully saturated rings. The first kappa shape index (κ1) is 16.0. The van der Waals surface area contributed by atoms with Gasteiger partial charge in [0.25, 0.3) is 0 Å². The van der Waals surface area contributed by atoms with Gasteiger partial charge in [0.2, 0.25) is 0 Å². The zero-order chi connectivity index (χ0) is 17.1. The average molecular weight is 336 g/mol. The summed E-state index contributed by atoms with van der Waals surface area (Å²) in [7, 11) is 0. The van der Waals surface area contributed by atoms with Gasteiger partial charge in [-0.1, -0.05) is 30.3 Å². The lowest BCUT2D eigenvalue weighted by atomic mass is 9.96. The number of hydrogen-bond acceptors (Lipinski definition) is 4. The maximum atomic E-state index is 4.63. The second-order valence-electron chi connectivity index (χ2n) is 6.52. The Hall–Kier alpha value is -2.47. The van der Waals surface area contributed by atoms with E-state index in [1.54, 1.807) is 6.33 Å². The zero-order valence-electron chi connectivity index (χ0n) is 14.6. The van der Waals surface area contributed by atoms with Crippen LogP contribution in [-0.4, -0.2) is 36.2 Å². The smallest absolute Gasteiger partial charge is 0.141 e. The Bertz CT molecular complexity index is 806. The van der Waals surface area contributed by atoms with Gasteiger partial charge in [-0.2, -0.15) is 5.10 Å². The minimum absolute atomic E-state index is 0.317. The van der Waals surface area contributed by atoms with Crippen molar-refractivity contribution < 1.29 is 0 Å². The number of benzene rings is 1. The van der Waals surface area contributed by atoms with Crippen molar-refractivity contribution >= 4 is 0 Å². The fourth-order valence-corrected chi connectivity index (χ4v) is 3.72. The molecule has 1 aromatic carbocycles. The number of aromatic amines is 1. The van der Waals surface area contributed by atoms with Crippen LogP contribution in [0.2, 0.25) is 0 Å². The van der Waals surface area contributed by atoms with E-state index in [1.807, 2.05) is 11.0 Å². The molecule has 0 aliphatic carbocycles. The molecule has 0 saturated carbocycles. The Morgan fingerprint density at radius 2 is 2.08 bits per heavy atom. The van der Waals surface area contributed by atoms with Crippen LogP contribution in [0, 0.1) is 0 Å². The highest BCUT2D eigenvalue weighted by Gasteiger charge is 2.30. The maximum absolute atomic E-state index is 4.63. The summed E-state index contributed by atoms with van der Waals surface area (Å²) in [6.45, 7) is 4.80. The molecule has 3 heterocycles. The van der Waals surface area contributed by atoms with Gasteiger partial charge in [-0.15, -0.1) is 0 Å². The third kappa shape index (κ3) is 3.35. The van der Waals surface area contributed by atoms with E-state index in [-0.39, 0.29) is 0 Å². The van der Waals surface area contributed by atoms with E-state index < -0.39 is 0 Å². The van der Waals surface area contributed by atoms with Crippen molar-refractivity contribution in [3.63, 3.8) is 0 Å². The predicted octanol–water partition coefficient (Wildman–Crippen LogP) is 2.75. The first-order valence-corrected chi connectivity index (χ1v) is 9.02. The normalized spacial score (nSPS) is 17.6. The molecular formula is C19H24N6. The molecule has 0 radical (unpaired) electrons. The summed E-state index contributed by atoms with van der Waals surface area (Å²) < 4.78 is 1.98.